The molecule has 0 spiro atoms. The first kappa shape index (κ1) is 41.8. The van der Waals surface area contributed by atoms with E-state index in [1.807, 2.05) is 152 Å². The van der Waals surface area contributed by atoms with Crippen LogP contribution in [0.3, 0.4) is 0 Å². The second-order valence-electron chi connectivity index (χ2n) is 14.4. The molecule has 306 valence electrons. The fourth-order valence-corrected chi connectivity index (χ4v) is 7.17. The molecule has 2 saturated heterocycles. The molecule has 0 amide bonds. The van der Waals surface area contributed by atoms with Crippen molar-refractivity contribution in [1.82, 2.24) is 0 Å². The molecule has 0 unspecified atom stereocenters. The van der Waals surface area contributed by atoms with Gasteiger partial charge in [0.1, 0.15) is 48.8 Å². The maximum atomic E-state index is 11.4. The van der Waals surface area contributed by atoms with E-state index in [1.165, 1.54) is 0 Å². The van der Waals surface area contributed by atoms with Crippen molar-refractivity contribution in [3.8, 4) is 0 Å². The maximum Gasteiger partial charge on any atom is 0.187 e. The van der Waals surface area contributed by atoms with Crippen LogP contribution in [0.15, 0.2) is 152 Å². The number of rotatable bonds is 21. The lowest BCUT2D eigenvalue weighted by Crippen LogP contribution is -2.46. The van der Waals surface area contributed by atoms with Crippen molar-refractivity contribution in [2.45, 2.75) is 94.4 Å². The smallest absolute Gasteiger partial charge is 0.187 e. The Labute approximate surface area is 339 Å². The minimum atomic E-state index is -1.33. The third-order valence-electron chi connectivity index (χ3n) is 10.2. The van der Waals surface area contributed by atoms with E-state index in [2.05, 4.69) is 0 Å². The molecule has 2 aliphatic rings. The Morgan fingerprint density at radius 1 is 0.448 bits per heavy atom. The van der Waals surface area contributed by atoms with E-state index in [4.69, 9.17) is 37.9 Å². The van der Waals surface area contributed by atoms with Gasteiger partial charge in [0.2, 0.25) is 0 Å². The van der Waals surface area contributed by atoms with Crippen molar-refractivity contribution in [2.24, 2.45) is 0 Å². The van der Waals surface area contributed by atoms with Gasteiger partial charge in [0.05, 0.1) is 46.2 Å². The first-order chi connectivity index (χ1) is 28.6. The molecule has 5 aromatic rings. The molecule has 2 heterocycles. The summed E-state index contributed by atoms with van der Waals surface area (Å²) in [6, 6.07) is 48.5. The molecule has 58 heavy (non-hydrogen) atoms. The average Bonchev–Trinajstić information content (AvgIpc) is 3.80. The van der Waals surface area contributed by atoms with Gasteiger partial charge in [-0.1, -0.05) is 152 Å². The Kier molecular flexibility index (Phi) is 15.6. The summed E-state index contributed by atoms with van der Waals surface area (Å²) in [6.07, 6.45) is -9.60. The molecule has 0 saturated carbocycles. The Morgan fingerprint density at radius 2 is 0.828 bits per heavy atom. The van der Waals surface area contributed by atoms with Crippen LogP contribution in [0.5, 0.6) is 0 Å². The van der Waals surface area contributed by atoms with Gasteiger partial charge in [-0.15, -0.1) is 0 Å². The molecule has 0 radical (unpaired) electrons. The van der Waals surface area contributed by atoms with Gasteiger partial charge in [0.25, 0.3) is 0 Å². The quantitative estimate of drug-likeness (QED) is 0.0842. The van der Waals surface area contributed by atoms with Gasteiger partial charge in [0.15, 0.2) is 12.6 Å². The molecule has 2 fully saturated rings. The SMILES string of the molecule is OC[C@@H](O)[C@@H]1O[C@@H](OC[C@@H](OCc2ccccc2)[C@@H]2O[C@@H](O)[C@H](OCc3ccccc3)[C@H]2OCc2ccccc2)[C@H](OCc2ccccc2)[C@H]1OCc1ccccc1. The van der Waals surface area contributed by atoms with Gasteiger partial charge in [0, 0.05) is 0 Å². The minimum Gasteiger partial charge on any atom is -0.394 e. The minimum absolute atomic E-state index is 0.0932. The summed E-state index contributed by atoms with van der Waals surface area (Å²) in [5.74, 6) is 0. The predicted octanol–water partition coefficient (Wildman–Crippen LogP) is 5.73. The van der Waals surface area contributed by atoms with Crippen LogP contribution >= 0.6 is 0 Å². The summed E-state index contributed by atoms with van der Waals surface area (Å²) >= 11 is 0. The molecule has 10 atom stereocenters. The zero-order valence-corrected chi connectivity index (χ0v) is 32.3. The van der Waals surface area contributed by atoms with Crippen LogP contribution in [-0.2, 0) is 70.9 Å². The van der Waals surface area contributed by atoms with Crippen LogP contribution in [-0.4, -0.2) is 89.9 Å². The maximum absolute atomic E-state index is 11.4. The molecule has 2 aliphatic heterocycles. The fourth-order valence-electron chi connectivity index (χ4n) is 7.17. The third kappa shape index (κ3) is 11.4. The Morgan fingerprint density at radius 3 is 1.26 bits per heavy atom. The molecule has 7 rings (SSSR count). The number of benzene rings is 5. The van der Waals surface area contributed by atoms with Gasteiger partial charge in [-0.2, -0.15) is 0 Å². The number of ether oxygens (including phenoxy) is 8. The highest BCUT2D eigenvalue weighted by Crippen LogP contribution is 2.34. The highest BCUT2D eigenvalue weighted by molar-refractivity contribution is 5.17. The highest BCUT2D eigenvalue weighted by Gasteiger charge is 2.52. The van der Waals surface area contributed by atoms with E-state index in [0.717, 1.165) is 27.8 Å². The summed E-state index contributed by atoms with van der Waals surface area (Å²) < 4.78 is 51.6. The molecule has 11 nitrogen and oxygen atoms in total. The summed E-state index contributed by atoms with van der Waals surface area (Å²) in [7, 11) is 0. The van der Waals surface area contributed by atoms with Gasteiger partial charge < -0.3 is 53.2 Å². The van der Waals surface area contributed by atoms with E-state index >= 15 is 0 Å². The van der Waals surface area contributed by atoms with E-state index in [1.54, 1.807) is 0 Å². The van der Waals surface area contributed by atoms with Crippen LogP contribution in [0.25, 0.3) is 0 Å². The summed E-state index contributed by atoms with van der Waals surface area (Å²) in [5, 5.41) is 32.5. The van der Waals surface area contributed by atoms with E-state index in [0.29, 0.717) is 0 Å². The fraction of sp³-hybridized carbons (Fsp3) is 0.362. The Bertz CT molecular complexity index is 1870. The summed E-state index contributed by atoms with van der Waals surface area (Å²) in [6.45, 7) is 0.439. The lowest BCUT2D eigenvalue weighted by atomic mass is 10.0. The molecule has 0 aromatic heterocycles. The monoisotopic (exact) mass is 792 g/mol. The topological polar surface area (TPSA) is 135 Å². The van der Waals surface area contributed by atoms with Gasteiger partial charge in [-0.3, -0.25) is 0 Å². The molecule has 11 heteroatoms. The normalized spacial score (nSPS) is 25.4. The van der Waals surface area contributed by atoms with Crippen molar-refractivity contribution in [3.63, 3.8) is 0 Å². The average molecular weight is 793 g/mol. The third-order valence-corrected chi connectivity index (χ3v) is 10.2. The number of aliphatic hydroxyl groups is 3. The molecule has 5 aromatic carbocycles. The van der Waals surface area contributed by atoms with Gasteiger partial charge in [-0.05, 0) is 27.8 Å². The zero-order valence-electron chi connectivity index (χ0n) is 32.3. The lowest BCUT2D eigenvalue weighted by Gasteiger charge is -2.31. The van der Waals surface area contributed by atoms with Crippen LogP contribution in [0.4, 0.5) is 0 Å². The van der Waals surface area contributed by atoms with Crippen molar-refractivity contribution in [2.75, 3.05) is 13.2 Å². The zero-order chi connectivity index (χ0) is 39.9. The molecule has 0 aliphatic carbocycles. The standard InChI is InChI=1S/C47H52O11/c48-26-38(49)40-42(52-28-34-18-8-2-9-19-34)45(55-31-37-24-14-5-15-25-37)47(58-40)56-32-39(51-27-33-16-6-1-7-17-33)41-43(53-29-35-20-10-3-11-21-35)44(46(50)57-41)54-30-36-22-12-4-13-23-36/h1-25,38-50H,26-32H2/t38-,39-,40+,41+,42+,43+,44-,45-,46-,47-/m1/s1. The largest absolute Gasteiger partial charge is 0.394 e. The van der Waals surface area contributed by atoms with Crippen molar-refractivity contribution < 1.29 is 53.2 Å². The van der Waals surface area contributed by atoms with E-state index in [9.17, 15) is 15.3 Å². The van der Waals surface area contributed by atoms with Crippen molar-refractivity contribution in [3.05, 3.63) is 179 Å². The van der Waals surface area contributed by atoms with Crippen LogP contribution in [0.2, 0.25) is 0 Å². The van der Waals surface area contributed by atoms with Gasteiger partial charge >= 0.3 is 0 Å². The first-order valence-corrected chi connectivity index (χ1v) is 19.7. The Balaban J connectivity index is 1.15. The van der Waals surface area contributed by atoms with E-state index < -0.39 is 68.0 Å². The van der Waals surface area contributed by atoms with Crippen molar-refractivity contribution >= 4 is 0 Å². The Hall–Kier alpha value is -4.34. The second kappa shape index (κ2) is 21.6. The number of hydrogen-bond acceptors (Lipinski definition) is 11. The molecule has 0 bridgehead atoms. The number of hydrogen-bond donors (Lipinski definition) is 3. The second-order valence-corrected chi connectivity index (χ2v) is 14.4. The summed E-state index contributed by atoms with van der Waals surface area (Å²) in [5.41, 5.74) is 4.64. The van der Waals surface area contributed by atoms with E-state index in [-0.39, 0.29) is 39.6 Å². The first-order valence-electron chi connectivity index (χ1n) is 19.7. The molecular formula is C47H52O11. The molecule has 3 N–H and O–H groups in total. The van der Waals surface area contributed by atoms with Gasteiger partial charge in [-0.25, -0.2) is 0 Å². The van der Waals surface area contributed by atoms with Crippen LogP contribution in [0, 0.1) is 0 Å². The molecular weight excluding hydrogens is 741 g/mol. The van der Waals surface area contributed by atoms with Crippen LogP contribution < -0.4 is 0 Å². The van der Waals surface area contributed by atoms with Crippen LogP contribution in [0.1, 0.15) is 27.8 Å². The highest BCUT2D eigenvalue weighted by atomic mass is 16.7. The predicted molar refractivity (Wildman–Crippen MR) is 214 cm³/mol. The number of aliphatic hydroxyl groups excluding tert-OH is 3. The van der Waals surface area contributed by atoms with Crippen molar-refractivity contribution in [1.29, 1.82) is 0 Å². The lowest BCUT2D eigenvalue weighted by molar-refractivity contribution is -0.222. The summed E-state index contributed by atoms with van der Waals surface area (Å²) in [4.78, 5) is 0.